The standard InChI is InChI=1S/C12H22O10/c1-3-5(14)7(16)9(18)12(20-3)22-10-8(17)6(15)4(2-13)21-11(10)19/h3-19H,2H2,1H3/t3-,4+,5-,6+,7+,8-,9+,10-,11?,12+/m0/s1. The Morgan fingerprint density at radius 1 is 0.818 bits per heavy atom. The van der Waals surface area contributed by atoms with Crippen LogP contribution in [0.2, 0.25) is 0 Å². The molecular weight excluding hydrogens is 304 g/mol. The van der Waals surface area contributed by atoms with Crippen molar-refractivity contribution in [2.75, 3.05) is 6.61 Å². The minimum absolute atomic E-state index is 0.619. The number of aliphatic hydroxyl groups excluding tert-OH is 7. The first-order valence-corrected chi connectivity index (χ1v) is 6.93. The van der Waals surface area contributed by atoms with E-state index in [1.165, 1.54) is 6.92 Å². The molecular formula is C12H22O10. The molecule has 10 atom stereocenters. The van der Waals surface area contributed by atoms with Crippen LogP contribution in [-0.4, -0.2) is 104 Å². The molecule has 2 aliphatic heterocycles. The molecule has 130 valence electrons. The summed E-state index contributed by atoms with van der Waals surface area (Å²) in [5.74, 6) is 0. The van der Waals surface area contributed by atoms with Gasteiger partial charge >= 0.3 is 0 Å². The number of rotatable bonds is 3. The Morgan fingerprint density at radius 2 is 1.45 bits per heavy atom. The summed E-state index contributed by atoms with van der Waals surface area (Å²) in [7, 11) is 0. The van der Waals surface area contributed by atoms with Gasteiger partial charge in [0.2, 0.25) is 0 Å². The van der Waals surface area contributed by atoms with E-state index in [1.807, 2.05) is 0 Å². The van der Waals surface area contributed by atoms with E-state index in [-0.39, 0.29) is 0 Å². The second kappa shape index (κ2) is 7.01. The highest BCUT2D eigenvalue weighted by atomic mass is 16.7. The summed E-state index contributed by atoms with van der Waals surface area (Å²) in [5.41, 5.74) is 0. The van der Waals surface area contributed by atoms with Crippen LogP contribution in [0.15, 0.2) is 0 Å². The molecule has 10 heteroatoms. The van der Waals surface area contributed by atoms with E-state index < -0.39 is 68.0 Å². The van der Waals surface area contributed by atoms with Crippen LogP contribution in [-0.2, 0) is 14.2 Å². The van der Waals surface area contributed by atoms with E-state index in [9.17, 15) is 30.6 Å². The van der Waals surface area contributed by atoms with Gasteiger partial charge in [-0.1, -0.05) is 0 Å². The lowest BCUT2D eigenvalue weighted by Gasteiger charge is -2.44. The molecule has 1 unspecified atom stereocenters. The van der Waals surface area contributed by atoms with Crippen LogP contribution in [0.5, 0.6) is 0 Å². The van der Waals surface area contributed by atoms with E-state index >= 15 is 0 Å². The predicted molar refractivity (Wildman–Crippen MR) is 67.2 cm³/mol. The molecule has 0 radical (unpaired) electrons. The van der Waals surface area contributed by atoms with Crippen molar-refractivity contribution in [3.63, 3.8) is 0 Å². The normalized spacial score (nSPS) is 53.5. The molecule has 2 saturated heterocycles. The fourth-order valence-corrected chi connectivity index (χ4v) is 2.50. The Morgan fingerprint density at radius 3 is 2.05 bits per heavy atom. The Kier molecular flexibility index (Phi) is 5.72. The zero-order valence-corrected chi connectivity index (χ0v) is 11.8. The Hall–Kier alpha value is -0.400. The number of hydrogen-bond donors (Lipinski definition) is 7. The average molecular weight is 326 g/mol. The van der Waals surface area contributed by atoms with Crippen molar-refractivity contribution in [3.8, 4) is 0 Å². The third-order valence-electron chi connectivity index (χ3n) is 3.94. The van der Waals surface area contributed by atoms with Crippen LogP contribution in [0.4, 0.5) is 0 Å². The highest BCUT2D eigenvalue weighted by Gasteiger charge is 2.49. The fourth-order valence-electron chi connectivity index (χ4n) is 2.50. The van der Waals surface area contributed by atoms with Crippen LogP contribution >= 0.6 is 0 Å². The van der Waals surface area contributed by atoms with Gasteiger partial charge in [0.05, 0.1) is 12.7 Å². The zero-order chi connectivity index (χ0) is 16.6. The lowest BCUT2D eigenvalue weighted by atomic mass is 9.97. The lowest BCUT2D eigenvalue weighted by molar-refractivity contribution is -0.358. The quantitative estimate of drug-likeness (QED) is 0.269. The van der Waals surface area contributed by atoms with E-state index in [0.29, 0.717) is 0 Å². The molecule has 0 bridgehead atoms. The Bertz CT molecular complexity index is 368. The summed E-state index contributed by atoms with van der Waals surface area (Å²) in [6.45, 7) is 0.823. The smallest absolute Gasteiger partial charge is 0.187 e. The second-order valence-electron chi connectivity index (χ2n) is 5.51. The van der Waals surface area contributed by atoms with Crippen molar-refractivity contribution in [1.82, 2.24) is 0 Å². The topological polar surface area (TPSA) is 169 Å². The first-order chi connectivity index (χ1) is 10.3. The first kappa shape index (κ1) is 17.9. The SMILES string of the molecule is C[C@@H]1O[C@H](O[C@@H]2C(O)O[C@H](CO)[C@@H](O)[C@@H]2O)[C@H](O)[C@H](O)[C@H]1O. The van der Waals surface area contributed by atoms with Crippen molar-refractivity contribution >= 4 is 0 Å². The van der Waals surface area contributed by atoms with Gasteiger partial charge in [-0.15, -0.1) is 0 Å². The summed E-state index contributed by atoms with van der Waals surface area (Å²) < 4.78 is 15.3. The van der Waals surface area contributed by atoms with Crippen LogP contribution < -0.4 is 0 Å². The minimum Gasteiger partial charge on any atom is -0.394 e. The first-order valence-electron chi connectivity index (χ1n) is 6.93. The molecule has 0 aromatic carbocycles. The van der Waals surface area contributed by atoms with Crippen molar-refractivity contribution in [1.29, 1.82) is 0 Å². The number of hydrogen-bond acceptors (Lipinski definition) is 10. The van der Waals surface area contributed by atoms with Crippen LogP contribution in [0.3, 0.4) is 0 Å². The molecule has 2 rings (SSSR count). The van der Waals surface area contributed by atoms with Gasteiger partial charge in [-0.05, 0) is 6.92 Å². The highest BCUT2D eigenvalue weighted by molar-refractivity contribution is 4.92. The van der Waals surface area contributed by atoms with Crippen LogP contribution in [0.1, 0.15) is 6.92 Å². The van der Waals surface area contributed by atoms with E-state index in [0.717, 1.165) is 0 Å². The number of aliphatic hydroxyl groups is 7. The monoisotopic (exact) mass is 326 g/mol. The summed E-state index contributed by atoms with van der Waals surface area (Å²) in [4.78, 5) is 0. The maximum absolute atomic E-state index is 9.93. The molecule has 10 nitrogen and oxygen atoms in total. The summed E-state index contributed by atoms with van der Waals surface area (Å²) >= 11 is 0. The van der Waals surface area contributed by atoms with E-state index in [4.69, 9.17) is 19.3 Å². The van der Waals surface area contributed by atoms with Gasteiger partial charge in [-0.2, -0.15) is 0 Å². The molecule has 0 aromatic rings. The largest absolute Gasteiger partial charge is 0.394 e. The summed E-state index contributed by atoms with van der Waals surface area (Å²) in [6.07, 6.45) is -14.3. The maximum Gasteiger partial charge on any atom is 0.187 e. The molecule has 2 aliphatic rings. The van der Waals surface area contributed by atoms with Gasteiger partial charge < -0.3 is 50.0 Å². The highest BCUT2D eigenvalue weighted by Crippen LogP contribution is 2.28. The molecule has 7 N–H and O–H groups in total. The molecule has 0 saturated carbocycles. The average Bonchev–Trinajstić information content (AvgIpc) is 2.49. The van der Waals surface area contributed by atoms with Crippen LogP contribution in [0, 0.1) is 0 Å². The summed E-state index contributed by atoms with van der Waals surface area (Å²) in [5, 5.41) is 67.5. The zero-order valence-electron chi connectivity index (χ0n) is 11.8. The van der Waals surface area contributed by atoms with Crippen molar-refractivity contribution in [3.05, 3.63) is 0 Å². The van der Waals surface area contributed by atoms with Gasteiger partial charge in [0.15, 0.2) is 12.6 Å². The predicted octanol–water partition coefficient (Wildman–Crippen LogP) is -4.37. The van der Waals surface area contributed by atoms with Gasteiger partial charge in [0.1, 0.15) is 42.7 Å². The molecule has 2 fully saturated rings. The fraction of sp³-hybridized carbons (Fsp3) is 1.00. The minimum atomic E-state index is -1.69. The van der Waals surface area contributed by atoms with Gasteiger partial charge in [-0.25, -0.2) is 0 Å². The number of ether oxygens (including phenoxy) is 3. The van der Waals surface area contributed by atoms with Crippen molar-refractivity contribution in [2.24, 2.45) is 0 Å². The molecule has 0 amide bonds. The lowest BCUT2D eigenvalue weighted by Crippen LogP contribution is -2.63. The van der Waals surface area contributed by atoms with Gasteiger partial charge in [-0.3, -0.25) is 0 Å². The van der Waals surface area contributed by atoms with Crippen molar-refractivity contribution < 1.29 is 50.0 Å². The third kappa shape index (κ3) is 3.26. The molecule has 0 spiro atoms. The summed E-state index contributed by atoms with van der Waals surface area (Å²) in [6, 6.07) is 0. The van der Waals surface area contributed by atoms with Crippen molar-refractivity contribution in [2.45, 2.75) is 68.3 Å². The Labute approximate surface area is 126 Å². The van der Waals surface area contributed by atoms with E-state index in [2.05, 4.69) is 0 Å². The molecule has 2 heterocycles. The van der Waals surface area contributed by atoms with E-state index in [1.54, 1.807) is 0 Å². The molecule has 0 aliphatic carbocycles. The van der Waals surface area contributed by atoms with Gasteiger partial charge in [0, 0.05) is 0 Å². The Balaban J connectivity index is 2.06. The van der Waals surface area contributed by atoms with Crippen LogP contribution in [0.25, 0.3) is 0 Å². The molecule has 0 aromatic heterocycles. The maximum atomic E-state index is 9.93. The third-order valence-corrected chi connectivity index (χ3v) is 3.94. The second-order valence-corrected chi connectivity index (χ2v) is 5.51. The molecule has 22 heavy (non-hydrogen) atoms. The van der Waals surface area contributed by atoms with Gasteiger partial charge in [0.25, 0.3) is 0 Å².